The van der Waals surface area contributed by atoms with Gasteiger partial charge in [0.2, 0.25) is 5.91 Å². The van der Waals surface area contributed by atoms with Crippen molar-refractivity contribution in [3.05, 3.63) is 35.9 Å². The molecule has 1 atom stereocenters. The van der Waals surface area contributed by atoms with Gasteiger partial charge in [-0.2, -0.15) is 11.8 Å². The van der Waals surface area contributed by atoms with E-state index in [1.807, 2.05) is 42.1 Å². The van der Waals surface area contributed by atoms with Gasteiger partial charge in [-0.3, -0.25) is 10.2 Å². The lowest BCUT2D eigenvalue weighted by molar-refractivity contribution is -0.122. The average Bonchev–Trinajstić information content (AvgIpc) is 2.49. The number of nitrogens with two attached hydrogens (primary N) is 1. The number of ether oxygens (including phenoxy) is 1. The summed E-state index contributed by atoms with van der Waals surface area (Å²) >= 11 is 1.85. The van der Waals surface area contributed by atoms with Crippen LogP contribution < -0.4 is 11.3 Å². The van der Waals surface area contributed by atoms with Crippen molar-refractivity contribution in [3.63, 3.8) is 0 Å². The van der Waals surface area contributed by atoms with Crippen molar-refractivity contribution >= 4 is 17.7 Å². The van der Waals surface area contributed by atoms with Crippen LogP contribution in [0.15, 0.2) is 30.3 Å². The zero-order valence-corrected chi connectivity index (χ0v) is 11.7. The molecule has 1 unspecified atom stereocenters. The molecular weight excluding hydrogens is 260 g/mol. The first-order chi connectivity index (χ1) is 9.31. The maximum atomic E-state index is 11.9. The van der Waals surface area contributed by atoms with Crippen LogP contribution in [0.1, 0.15) is 24.3 Å². The monoisotopic (exact) mass is 280 g/mol. The second kappa shape index (κ2) is 7.53. The summed E-state index contributed by atoms with van der Waals surface area (Å²) in [6.07, 6.45) is 2.13. The summed E-state index contributed by atoms with van der Waals surface area (Å²) < 4.78 is 5.35. The Morgan fingerprint density at radius 3 is 2.68 bits per heavy atom. The molecule has 1 fully saturated rings. The minimum absolute atomic E-state index is 0.120. The Morgan fingerprint density at radius 2 is 2.05 bits per heavy atom. The molecule has 0 aliphatic carbocycles. The Labute approximate surface area is 118 Å². The number of carbonyl (C=O) groups excluding carboxylic acids is 1. The molecule has 1 saturated heterocycles. The highest BCUT2D eigenvalue weighted by Gasteiger charge is 2.22. The fourth-order valence-corrected chi connectivity index (χ4v) is 3.52. The van der Waals surface area contributed by atoms with Crippen LogP contribution in [0.25, 0.3) is 0 Å². The zero-order valence-electron chi connectivity index (χ0n) is 10.9. The van der Waals surface area contributed by atoms with Crippen molar-refractivity contribution in [2.75, 3.05) is 19.0 Å². The molecular formula is C14H20N2O2S. The molecule has 1 aliphatic heterocycles. The number of nitrogens with one attached hydrogen (secondary N) is 1. The van der Waals surface area contributed by atoms with Crippen LogP contribution in [-0.2, 0) is 9.53 Å². The van der Waals surface area contributed by atoms with Gasteiger partial charge < -0.3 is 4.74 Å². The number of hydrogen-bond donors (Lipinski definition) is 2. The summed E-state index contributed by atoms with van der Waals surface area (Å²) in [5.74, 6) is 5.75. The fraction of sp³-hybridized carbons (Fsp3) is 0.500. The molecule has 1 heterocycles. The molecule has 1 aromatic rings. The van der Waals surface area contributed by atoms with Crippen molar-refractivity contribution in [2.24, 2.45) is 5.84 Å². The number of benzene rings is 1. The van der Waals surface area contributed by atoms with Gasteiger partial charge in [0.05, 0.1) is 5.92 Å². The largest absolute Gasteiger partial charge is 0.381 e. The number of amides is 1. The average molecular weight is 280 g/mol. The summed E-state index contributed by atoms with van der Waals surface area (Å²) in [7, 11) is 0. The Morgan fingerprint density at radius 1 is 1.37 bits per heavy atom. The summed E-state index contributed by atoms with van der Waals surface area (Å²) in [5.41, 5.74) is 3.29. The van der Waals surface area contributed by atoms with E-state index in [2.05, 4.69) is 5.43 Å². The van der Waals surface area contributed by atoms with Crippen molar-refractivity contribution in [1.29, 1.82) is 0 Å². The van der Waals surface area contributed by atoms with E-state index in [0.29, 0.717) is 5.25 Å². The van der Waals surface area contributed by atoms with Crippen LogP contribution in [0.2, 0.25) is 0 Å². The Hall–Kier alpha value is -1.04. The molecule has 19 heavy (non-hydrogen) atoms. The first-order valence-electron chi connectivity index (χ1n) is 6.56. The molecule has 0 aromatic heterocycles. The number of carbonyl (C=O) groups is 1. The summed E-state index contributed by atoms with van der Waals surface area (Å²) in [4.78, 5) is 11.9. The van der Waals surface area contributed by atoms with E-state index >= 15 is 0 Å². The predicted octanol–water partition coefficient (Wildman–Crippen LogP) is 1.67. The second-order valence-electron chi connectivity index (χ2n) is 4.62. The maximum absolute atomic E-state index is 11.9. The van der Waals surface area contributed by atoms with Crippen LogP contribution in [0.3, 0.4) is 0 Å². The third kappa shape index (κ3) is 4.23. The first-order valence-corrected chi connectivity index (χ1v) is 7.61. The van der Waals surface area contributed by atoms with Gasteiger partial charge in [0.15, 0.2) is 0 Å². The van der Waals surface area contributed by atoms with Gasteiger partial charge in [-0.15, -0.1) is 0 Å². The summed E-state index contributed by atoms with van der Waals surface area (Å²) in [5, 5.41) is 0.588. The van der Waals surface area contributed by atoms with Gasteiger partial charge in [-0.1, -0.05) is 30.3 Å². The lowest BCUT2D eigenvalue weighted by Crippen LogP contribution is -2.36. The van der Waals surface area contributed by atoms with E-state index in [1.165, 1.54) is 0 Å². The Balaban J connectivity index is 1.96. The summed E-state index contributed by atoms with van der Waals surface area (Å²) in [6, 6.07) is 9.80. The molecule has 1 aliphatic rings. The number of thioether (sulfide) groups is 1. The quantitative estimate of drug-likeness (QED) is 0.489. The van der Waals surface area contributed by atoms with E-state index in [0.717, 1.165) is 37.4 Å². The third-order valence-corrected chi connectivity index (χ3v) is 4.80. The fourth-order valence-electron chi connectivity index (χ4n) is 2.18. The zero-order chi connectivity index (χ0) is 13.5. The smallest absolute Gasteiger partial charge is 0.242 e. The van der Waals surface area contributed by atoms with Crippen molar-refractivity contribution in [3.8, 4) is 0 Å². The molecule has 3 N–H and O–H groups in total. The molecule has 1 aromatic carbocycles. The number of hydrazine groups is 1. The molecule has 0 saturated carbocycles. The summed E-state index contributed by atoms with van der Waals surface area (Å²) in [6.45, 7) is 1.66. The number of rotatable bonds is 5. The highest BCUT2D eigenvalue weighted by Crippen LogP contribution is 2.28. The molecule has 2 rings (SSSR count). The topological polar surface area (TPSA) is 64.3 Å². The highest BCUT2D eigenvalue weighted by molar-refractivity contribution is 7.99. The standard InChI is InChI=1S/C14H20N2O2S/c15-16-14(17)13(11-4-2-1-3-5-11)10-19-12-6-8-18-9-7-12/h1-5,12-13H,6-10,15H2,(H,16,17). The normalized spacial score (nSPS) is 17.9. The van der Waals surface area contributed by atoms with Gasteiger partial charge in [0.25, 0.3) is 0 Å². The van der Waals surface area contributed by atoms with Gasteiger partial charge in [-0.25, -0.2) is 5.84 Å². The lowest BCUT2D eigenvalue weighted by Gasteiger charge is -2.23. The van der Waals surface area contributed by atoms with E-state index in [-0.39, 0.29) is 11.8 Å². The third-order valence-electron chi connectivity index (χ3n) is 3.33. The molecule has 5 heteroatoms. The SMILES string of the molecule is NNC(=O)C(CSC1CCOCC1)c1ccccc1. The first kappa shape index (κ1) is 14.4. The highest BCUT2D eigenvalue weighted by atomic mass is 32.2. The molecule has 0 bridgehead atoms. The van der Waals surface area contributed by atoms with Crippen molar-refractivity contribution in [1.82, 2.24) is 5.43 Å². The second-order valence-corrected chi connectivity index (χ2v) is 5.95. The number of hydrogen-bond acceptors (Lipinski definition) is 4. The van der Waals surface area contributed by atoms with Crippen LogP contribution in [0.4, 0.5) is 0 Å². The van der Waals surface area contributed by atoms with Gasteiger partial charge in [0.1, 0.15) is 0 Å². The van der Waals surface area contributed by atoms with Gasteiger partial charge in [0, 0.05) is 24.2 Å². The molecule has 0 spiro atoms. The van der Waals surface area contributed by atoms with E-state index in [4.69, 9.17) is 10.6 Å². The van der Waals surface area contributed by atoms with E-state index in [1.54, 1.807) is 0 Å². The van der Waals surface area contributed by atoms with Gasteiger partial charge >= 0.3 is 0 Å². The van der Waals surface area contributed by atoms with Crippen LogP contribution in [0, 0.1) is 0 Å². The van der Waals surface area contributed by atoms with Crippen LogP contribution in [-0.4, -0.2) is 30.1 Å². The molecule has 4 nitrogen and oxygen atoms in total. The van der Waals surface area contributed by atoms with Crippen LogP contribution >= 0.6 is 11.8 Å². The molecule has 104 valence electrons. The van der Waals surface area contributed by atoms with E-state index in [9.17, 15) is 4.79 Å². The van der Waals surface area contributed by atoms with Crippen LogP contribution in [0.5, 0.6) is 0 Å². The molecule has 0 radical (unpaired) electrons. The minimum atomic E-state index is -0.181. The molecule has 1 amide bonds. The van der Waals surface area contributed by atoms with E-state index < -0.39 is 0 Å². The lowest BCUT2D eigenvalue weighted by atomic mass is 10.0. The van der Waals surface area contributed by atoms with Crippen molar-refractivity contribution in [2.45, 2.75) is 24.0 Å². The maximum Gasteiger partial charge on any atom is 0.242 e. The minimum Gasteiger partial charge on any atom is -0.381 e. The predicted molar refractivity (Wildman–Crippen MR) is 77.8 cm³/mol. The Kier molecular flexibility index (Phi) is 5.69. The van der Waals surface area contributed by atoms with Crippen molar-refractivity contribution < 1.29 is 9.53 Å². The Bertz CT molecular complexity index is 394. The van der Waals surface area contributed by atoms with Gasteiger partial charge in [-0.05, 0) is 18.4 Å².